The summed E-state index contributed by atoms with van der Waals surface area (Å²) in [5.74, 6) is -0.467. The average molecular weight is 249 g/mol. The summed E-state index contributed by atoms with van der Waals surface area (Å²) >= 11 is 0. The molecule has 2 N–H and O–H groups in total. The van der Waals surface area contributed by atoms with Crippen LogP contribution in [0.4, 0.5) is 0 Å². The van der Waals surface area contributed by atoms with Crippen molar-refractivity contribution in [3.63, 3.8) is 0 Å². The molecule has 0 bridgehead atoms. The topological polar surface area (TPSA) is 60.8 Å². The van der Waals surface area contributed by atoms with Crippen molar-refractivity contribution in [1.82, 2.24) is 4.90 Å². The number of carbonyl (C=O) groups is 1. The zero-order valence-corrected chi connectivity index (χ0v) is 10.8. The van der Waals surface area contributed by atoms with Gasteiger partial charge in [-0.1, -0.05) is 12.1 Å². The number of hydrogen-bond acceptors (Lipinski definition) is 3. The third-order valence-electron chi connectivity index (χ3n) is 3.94. The Bertz CT molecular complexity index is 443. The highest BCUT2D eigenvalue weighted by Gasteiger charge is 2.41. The molecule has 2 atom stereocenters. The standard InChI is InChI=1S/C14H19NO3/c1-10(11-3-5-12(16)6-4-11)15-8-7-14(2,9-15)13(17)18/h3-6,10,16H,7-9H2,1-2H3,(H,17,18). The predicted octanol–water partition coefficient (Wildman–Crippen LogP) is 2.25. The van der Waals surface area contributed by atoms with E-state index in [4.69, 9.17) is 0 Å². The molecular formula is C14H19NO3. The van der Waals surface area contributed by atoms with Crippen molar-refractivity contribution in [2.24, 2.45) is 5.41 Å². The first-order valence-electron chi connectivity index (χ1n) is 6.19. The molecule has 2 rings (SSSR count). The van der Waals surface area contributed by atoms with Crippen molar-refractivity contribution in [3.8, 4) is 5.75 Å². The third kappa shape index (κ3) is 2.34. The normalized spacial score (nSPS) is 26.1. The number of phenols is 1. The van der Waals surface area contributed by atoms with Crippen LogP contribution in [0.5, 0.6) is 5.75 Å². The summed E-state index contributed by atoms with van der Waals surface area (Å²) in [6, 6.07) is 7.27. The number of nitrogens with zero attached hydrogens (tertiary/aromatic N) is 1. The summed E-state index contributed by atoms with van der Waals surface area (Å²) in [5.41, 5.74) is 0.466. The Balaban J connectivity index is 2.10. The lowest BCUT2D eigenvalue weighted by Crippen LogP contribution is -2.32. The maximum atomic E-state index is 11.2. The first-order valence-corrected chi connectivity index (χ1v) is 6.19. The molecule has 1 fully saturated rings. The quantitative estimate of drug-likeness (QED) is 0.862. The van der Waals surface area contributed by atoms with Crippen LogP contribution in [0.2, 0.25) is 0 Å². The van der Waals surface area contributed by atoms with Crippen molar-refractivity contribution >= 4 is 5.97 Å². The van der Waals surface area contributed by atoms with Crippen LogP contribution in [0.3, 0.4) is 0 Å². The molecule has 0 saturated carbocycles. The number of carboxylic acid groups (broad SMARTS) is 1. The molecule has 1 heterocycles. The van der Waals surface area contributed by atoms with Gasteiger partial charge in [-0.2, -0.15) is 0 Å². The fraction of sp³-hybridized carbons (Fsp3) is 0.500. The van der Waals surface area contributed by atoms with Crippen molar-refractivity contribution in [3.05, 3.63) is 29.8 Å². The van der Waals surface area contributed by atoms with Crippen molar-refractivity contribution in [2.75, 3.05) is 13.1 Å². The minimum Gasteiger partial charge on any atom is -0.508 e. The molecular weight excluding hydrogens is 230 g/mol. The Hall–Kier alpha value is -1.55. The highest BCUT2D eigenvalue weighted by molar-refractivity contribution is 5.74. The minimum absolute atomic E-state index is 0.173. The molecule has 0 aliphatic carbocycles. The van der Waals surface area contributed by atoms with Gasteiger partial charge in [0.15, 0.2) is 0 Å². The lowest BCUT2D eigenvalue weighted by Gasteiger charge is -2.26. The zero-order chi connectivity index (χ0) is 13.3. The molecule has 18 heavy (non-hydrogen) atoms. The van der Waals surface area contributed by atoms with Gasteiger partial charge in [-0.3, -0.25) is 9.69 Å². The maximum Gasteiger partial charge on any atom is 0.310 e. The van der Waals surface area contributed by atoms with E-state index in [1.807, 2.05) is 12.1 Å². The fourth-order valence-electron chi connectivity index (χ4n) is 2.47. The average Bonchev–Trinajstić information content (AvgIpc) is 2.73. The Morgan fingerprint density at radius 3 is 2.50 bits per heavy atom. The molecule has 1 saturated heterocycles. The van der Waals surface area contributed by atoms with Crippen LogP contribution in [-0.2, 0) is 4.79 Å². The van der Waals surface area contributed by atoms with Crippen LogP contribution in [0.1, 0.15) is 31.9 Å². The van der Waals surface area contributed by atoms with Gasteiger partial charge >= 0.3 is 5.97 Å². The van der Waals surface area contributed by atoms with E-state index in [-0.39, 0.29) is 11.8 Å². The zero-order valence-electron chi connectivity index (χ0n) is 10.8. The molecule has 1 aliphatic heterocycles. The summed E-state index contributed by atoms with van der Waals surface area (Å²) < 4.78 is 0. The first kappa shape index (κ1) is 12.9. The van der Waals surface area contributed by atoms with E-state index in [1.165, 1.54) is 0 Å². The van der Waals surface area contributed by atoms with Gasteiger partial charge in [0, 0.05) is 12.6 Å². The van der Waals surface area contributed by atoms with Crippen LogP contribution in [0, 0.1) is 5.41 Å². The highest BCUT2D eigenvalue weighted by atomic mass is 16.4. The Morgan fingerprint density at radius 2 is 2.00 bits per heavy atom. The second kappa shape index (κ2) is 4.61. The van der Waals surface area contributed by atoms with Crippen molar-refractivity contribution in [1.29, 1.82) is 0 Å². The van der Waals surface area contributed by atoms with Crippen LogP contribution in [0.15, 0.2) is 24.3 Å². The molecule has 1 aromatic rings. The monoisotopic (exact) mass is 249 g/mol. The Morgan fingerprint density at radius 1 is 1.39 bits per heavy atom. The number of phenolic OH excluding ortho intramolecular Hbond substituents is 1. The predicted molar refractivity (Wildman–Crippen MR) is 68.5 cm³/mol. The molecule has 98 valence electrons. The number of aliphatic carboxylic acids is 1. The van der Waals surface area contributed by atoms with Gasteiger partial charge in [-0.25, -0.2) is 0 Å². The van der Waals surface area contributed by atoms with Crippen molar-refractivity contribution < 1.29 is 15.0 Å². The number of hydrogen-bond donors (Lipinski definition) is 2. The lowest BCUT2D eigenvalue weighted by atomic mass is 9.90. The third-order valence-corrected chi connectivity index (χ3v) is 3.94. The van der Waals surface area contributed by atoms with Gasteiger partial charge in [0.05, 0.1) is 5.41 Å². The van der Waals surface area contributed by atoms with E-state index in [0.29, 0.717) is 13.0 Å². The number of benzene rings is 1. The highest BCUT2D eigenvalue weighted by Crippen LogP contribution is 2.35. The number of likely N-dealkylation sites (tertiary alicyclic amines) is 1. The summed E-state index contributed by atoms with van der Waals surface area (Å²) in [6.07, 6.45) is 0.685. The van der Waals surface area contributed by atoms with Gasteiger partial charge in [0.2, 0.25) is 0 Å². The van der Waals surface area contributed by atoms with E-state index in [9.17, 15) is 15.0 Å². The number of aromatic hydroxyl groups is 1. The van der Waals surface area contributed by atoms with E-state index in [0.717, 1.165) is 12.1 Å². The summed E-state index contributed by atoms with van der Waals surface area (Å²) in [4.78, 5) is 13.4. The van der Waals surface area contributed by atoms with Crippen molar-refractivity contribution in [2.45, 2.75) is 26.3 Å². The Labute approximate surface area is 107 Å². The smallest absolute Gasteiger partial charge is 0.310 e. The molecule has 0 aromatic heterocycles. The van der Waals surface area contributed by atoms with Gasteiger partial charge < -0.3 is 10.2 Å². The van der Waals surface area contributed by atoms with Crippen LogP contribution < -0.4 is 0 Å². The first-order chi connectivity index (χ1) is 8.42. The van der Waals surface area contributed by atoms with Gasteiger partial charge in [-0.15, -0.1) is 0 Å². The SMILES string of the molecule is CC(c1ccc(O)cc1)N1CCC(C)(C(=O)O)C1. The van der Waals surface area contributed by atoms with E-state index in [2.05, 4.69) is 11.8 Å². The molecule has 4 heteroatoms. The maximum absolute atomic E-state index is 11.2. The molecule has 0 radical (unpaired) electrons. The molecule has 0 spiro atoms. The second-order valence-electron chi connectivity index (χ2n) is 5.35. The van der Waals surface area contributed by atoms with E-state index < -0.39 is 11.4 Å². The summed E-state index contributed by atoms with van der Waals surface area (Å²) in [6.45, 7) is 5.24. The minimum atomic E-state index is -0.720. The second-order valence-corrected chi connectivity index (χ2v) is 5.35. The molecule has 4 nitrogen and oxygen atoms in total. The number of rotatable bonds is 3. The molecule has 1 aliphatic rings. The van der Waals surface area contributed by atoms with Gasteiger partial charge in [0.1, 0.15) is 5.75 Å². The molecule has 2 unspecified atom stereocenters. The van der Waals surface area contributed by atoms with Crippen LogP contribution in [-0.4, -0.2) is 34.2 Å². The summed E-state index contributed by atoms with van der Waals surface area (Å²) in [7, 11) is 0. The van der Waals surface area contributed by atoms with Crippen LogP contribution in [0.25, 0.3) is 0 Å². The largest absolute Gasteiger partial charge is 0.508 e. The summed E-state index contributed by atoms with van der Waals surface area (Å²) in [5, 5.41) is 18.5. The van der Waals surface area contributed by atoms with Crippen LogP contribution >= 0.6 is 0 Å². The van der Waals surface area contributed by atoms with E-state index in [1.54, 1.807) is 19.1 Å². The van der Waals surface area contributed by atoms with Gasteiger partial charge in [0.25, 0.3) is 0 Å². The Kier molecular flexibility index (Phi) is 3.30. The number of carboxylic acids is 1. The molecule has 0 amide bonds. The van der Waals surface area contributed by atoms with Gasteiger partial charge in [-0.05, 0) is 44.5 Å². The van der Waals surface area contributed by atoms with E-state index >= 15 is 0 Å². The lowest BCUT2D eigenvalue weighted by molar-refractivity contribution is -0.147. The fourth-order valence-corrected chi connectivity index (χ4v) is 2.47. The molecule has 1 aromatic carbocycles.